The summed E-state index contributed by atoms with van der Waals surface area (Å²) in [6.45, 7) is 3.45. The summed E-state index contributed by atoms with van der Waals surface area (Å²) >= 11 is 6.21. The van der Waals surface area contributed by atoms with Gasteiger partial charge in [-0.2, -0.15) is 14.0 Å². The minimum Gasteiger partial charge on any atom is -0.453 e. The Balaban J connectivity index is 2.26. The Morgan fingerprint density at radius 1 is 1.14 bits per heavy atom. The second-order valence-corrected chi connectivity index (χ2v) is 7.62. The van der Waals surface area contributed by atoms with Gasteiger partial charge in [0.05, 0.1) is 11.6 Å². The Morgan fingerprint density at radius 3 is 2.46 bits per heavy atom. The fraction of sp³-hybridized carbons (Fsp3) is 0.300. The van der Waals surface area contributed by atoms with Crippen LogP contribution >= 0.6 is 11.6 Å². The van der Waals surface area contributed by atoms with E-state index in [1.807, 2.05) is 6.07 Å². The van der Waals surface area contributed by atoms with E-state index in [1.165, 1.54) is 44.2 Å². The quantitative estimate of drug-likeness (QED) is 0.762. The van der Waals surface area contributed by atoms with Crippen molar-refractivity contribution in [3.8, 4) is 17.2 Å². The second kappa shape index (κ2) is 6.42. The molecule has 2 aromatic carbocycles. The van der Waals surface area contributed by atoms with E-state index in [0.717, 1.165) is 13.0 Å². The van der Waals surface area contributed by atoms with Crippen molar-refractivity contribution in [1.82, 2.24) is 0 Å². The van der Waals surface area contributed by atoms with Gasteiger partial charge in [-0.15, -0.1) is 0 Å². The largest absolute Gasteiger partial charge is 0.453 e. The average molecular weight is 408 g/mol. The third-order valence-electron chi connectivity index (χ3n) is 4.96. The summed E-state index contributed by atoms with van der Waals surface area (Å²) < 4.78 is 50.3. The Hall–Kier alpha value is -2.72. The van der Waals surface area contributed by atoms with Gasteiger partial charge >= 0.3 is 5.92 Å². The molecule has 0 saturated heterocycles. The van der Waals surface area contributed by atoms with Crippen LogP contribution in [-0.4, -0.2) is 17.5 Å². The molecule has 2 aromatic rings. The van der Waals surface area contributed by atoms with Crippen LogP contribution < -0.4 is 5.73 Å². The highest BCUT2D eigenvalue weighted by molar-refractivity contribution is 6.33. The molecule has 0 saturated carbocycles. The van der Waals surface area contributed by atoms with Crippen LogP contribution in [0.15, 0.2) is 41.4 Å². The monoisotopic (exact) mass is 407 g/mol. The molecule has 4 nitrogen and oxygen atoms in total. The summed E-state index contributed by atoms with van der Waals surface area (Å²) in [4.78, 5) is 3.78. The predicted octanol–water partition coefficient (Wildman–Crippen LogP) is 4.99. The van der Waals surface area contributed by atoms with Crippen molar-refractivity contribution in [2.75, 3.05) is 0 Å². The van der Waals surface area contributed by atoms with Crippen LogP contribution in [-0.2, 0) is 10.3 Å². The normalized spacial score (nSPS) is 22.7. The Kier molecular flexibility index (Phi) is 4.59. The van der Waals surface area contributed by atoms with E-state index in [0.29, 0.717) is 21.7 Å². The lowest BCUT2D eigenvalue weighted by Gasteiger charge is -2.46. The van der Waals surface area contributed by atoms with Gasteiger partial charge in [-0.1, -0.05) is 17.7 Å². The standard InChI is InChI=1S/C20H17ClF3N3O/c1-18(2)20(23,24)19(3,27-17(26)28-18)14-9-12(5-7-16(14)22)13-8-11(10-25)4-6-15(13)21/h4-9H,1-3H3,(H2,26,27). The highest BCUT2D eigenvalue weighted by atomic mass is 35.5. The number of hydrogen-bond donors (Lipinski definition) is 1. The van der Waals surface area contributed by atoms with Crippen LogP contribution in [0.4, 0.5) is 13.2 Å². The van der Waals surface area contributed by atoms with Gasteiger partial charge in [-0.3, -0.25) is 0 Å². The van der Waals surface area contributed by atoms with Gasteiger partial charge in [0.25, 0.3) is 6.02 Å². The van der Waals surface area contributed by atoms with Gasteiger partial charge in [0.2, 0.25) is 0 Å². The highest BCUT2D eigenvalue weighted by Gasteiger charge is 2.66. The molecule has 28 heavy (non-hydrogen) atoms. The van der Waals surface area contributed by atoms with Crippen LogP contribution in [0.5, 0.6) is 0 Å². The molecule has 0 aromatic heterocycles. The molecule has 146 valence electrons. The molecule has 1 unspecified atom stereocenters. The van der Waals surface area contributed by atoms with E-state index < -0.39 is 28.9 Å². The molecule has 1 aliphatic rings. The lowest BCUT2D eigenvalue weighted by Crippen LogP contribution is -2.62. The summed E-state index contributed by atoms with van der Waals surface area (Å²) in [5, 5.41) is 9.40. The number of halogens is 4. The molecule has 8 heteroatoms. The van der Waals surface area contributed by atoms with Crippen molar-refractivity contribution in [1.29, 1.82) is 5.26 Å². The van der Waals surface area contributed by atoms with E-state index in [4.69, 9.17) is 27.3 Å². The molecule has 1 heterocycles. The lowest BCUT2D eigenvalue weighted by molar-refractivity contribution is -0.207. The predicted molar refractivity (Wildman–Crippen MR) is 101 cm³/mol. The fourth-order valence-electron chi connectivity index (χ4n) is 3.34. The summed E-state index contributed by atoms with van der Waals surface area (Å²) in [6, 6.07) is 9.80. The third kappa shape index (κ3) is 2.89. The molecule has 0 spiro atoms. The number of ether oxygens (including phenoxy) is 1. The maximum absolute atomic E-state index is 15.3. The van der Waals surface area contributed by atoms with Gasteiger partial charge in [-0.25, -0.2) is 9.38 Å². The maximum atomic E-state index is 15.3. The van der Waals surface area contributed by atoms with Crippen LogP contribution in [0.1, 0.15) is 31.9 Å². The molecule has 2 N–H and O–H groups in total. The molecule has 1 aliphatic heterocycles. The van der Waals surface area contributed by atoms with Gasteiger partial charge in [0.15, 0.2) is 11.1 Å². The minimum absolute atomic E-state index is 0.295. The molecular formula is C20H17ClF3N3O. The second-order valence-electron chi connectivity index (χ2n) is 7.21. The number of nitriles is 1. The average Bonchev–Trinajstić information content (AvgIpc) is 2.60. The first-order valence-electron chi connectivity index (χ1n) is 8.35. The van der Waals surface area contributed by atoms with Gasteiger partial charge in [0, 0.05) is 16.1 Å². The van der Waals surface area contributed by atoms with E-state index in [1.54, 1.807) is 0 Å². The van der Waals surface area contributed by atoms with Gasteiger partial charge in [-0.05, 0) is 56.7 Å². The first-order chi connectivity index (χ1) is 12.9. The topological polar surface area (TPSA) is 71.4 Å². The zero-order valence-electron chi connectivity index (χ0n) is 15.4. The van der Waals surface area contributed by atoms with Crippen molar-refractivity contribution in [2.24, 2.45) is 10.7 Å². The molecule has 0 aliphatic carbocycles. The lowest BCUT2D eigenvalue weighted by atomic mass is 9.76. The highest BCUT2D eigenvalue weighted by Crippen LogP contribution is 2.52. The molecule has 0 bridgehead atoms. The van der Waals surface area contributed by atoms with Crippen LogP contribution in [0.25, 0.3) is 11.1 Å². The van der Waals surface area contributed by atoms with E-state index in [-0.39, 0.29) is 5.56 Å². The number of hydrogen-bond acceptors (Lipinski definition) is 4. The van der Waals surface area contributed by atoms with Crippen LogP contribution in [0, 0.1) is 17.1 Å². The van der Waals surface area contributed by atoms with Crippen molar-refractivity contribution in [3.05, 3.63) is 58.4 Å². The Bertz CT molecular complexity index is 1030. The number of nitrogens with zero attached hydrogens (tertiary/aromatic N) is 2. The summed E-state index contributed by atoms with van der Waals surface area (Å²) in [7, 11) is 0. The number of rotatable bonds is 2. The van der Waals surface area contributed by atoms with Crippen molar-refractivity contribution < 1.29 is 17.9 Å². The Morgan fingerprint density at radius 2 is 1.82 bits per heavy atom. The first kappa shape index (κ1) is 20.0. The van der Waals surface area contributed by atoms with E-state index in [2.05, 4.69) is 4.99 Å². The molecule has 0 amide bonds. The number of benzene rings is 2. The van der Waals surface area contributed by atoms with Crippen molar-refractivity contribution in [2.45, 2.75) is 37.8 Å². The first-order valence-corrected chi connectivity index (χ1v) is 8.73. The third-order valence-corrected chi connectivity index (χ3v) is 5.29. The van der Waals surface area contributed by atoms with Gasteiger partial charge in [0.1, 0.15) is 5.82 Å². The number of nitrogens with two attached hydrogens (primary N) is 1. The molecule has 0 radical (unpaired) electrons. The number of amidine groups is 1. The number of aliphatic imine (C=N–C) groups is 1. The molecular weight excluding hydrogens is 391 g/mol. The summed E-state index contributed by atoms with van der Waals surface area (Å²) in [5.74, 6) is -4.45. The number of alkyl halides is 2. The summed E-state index contributed by atoms with van der Waals surface area (Å²) in [6.07, 6.45) is 0. The molecule has 0 fully saturated rings. The van der Waals surface area contributed by atoms with Crippen molar-refractivity contribution in [3.63, 3.8) is 0 Å². The fourth-order valence-corrected chi connectivity index (χ4v) is 3.56. The molecule has 1 atom stereocenters. The van der Waals surface area contributed by atoms with Crippen molar-refractivity contribution >= 4 is 17.6 Å². The van der Waals surface area contributed by atoms with E-state index >= 15 is 8.78 Å². The Labute approximate surface area is 165 Å². The zero-order chi connectivity index (χ0) is 20.9. The zero-order valence-corrected chi connectivity index (χ0v) is 16.1. The molecule has 3 rings (SSSR count). The smallest absolute Gasteiger partial charge is 0.315 e. The van der Waals surface area contributed by atoms with E-state index in [9.17, 15) is 4.39 Å². The van der Waals surface area contributed by atoms with Crippen LogP contribution in [0.3, 0.4) is 0 Å². The maximum Gasteiger partial charge on any atom is 0.315 e. The van der Waals surface area contributed by atoms with Gasteiger partial charge < -0.3 is 10.5 Å². The SMILES string of the molecule is CC1(C)OC(N)=NC(C)(c2cc(-c3cc(C#N)ccc3Cl)ccc2F)C1(F)F. The van der Waals surface area contributed by atoms with Crippen LogP contribution in [0.2, 0.25) is 5.02 Å². The summed E-state index contributed by atoms with van der Waals surface area (Å²) in [5.41, 5.74) is 2.07. The minimum atomic E-state index is -3.58.